The van der Waals surface area contributed by atoms with E-state index in [0.29, 0.717) is 12.8 Å². The molecular weight excluding hydrogens is 377 g/mol. The van der Waals surface area contributed by atoms with Gasteiger partial charge in [0.05, 0.1) is 11.6 Å². The molecule has 27 heavy (non-hydrogen) atoms. The zero-order valence-corrected chi connectivity index (χ0v) is 13.6. The molecule has 1 aromatic carbocycles. The minimum Gasteiger partial charge on any atom is -0.454 e. The normalized spacial score (nSPS) is 16.0. The van der Waals surface area contributed by atoms with Gasteiger partial charge in [-0.25, -0.2) is 13.6 Å². The first kappa shape index (κ1) is 20.3. The first-order chi connectivity index (χ1) is 12.5. The Bertz CT molecular complexity index is 809. The van der Waals surface area contributed by atoms with Crippen LogP contribution >= 0.6 is 0 Å². The smallest absolute Gasteiger partial charge is 0.431 e. The van der Waals surface area contributed by atoms with Gasteiger partial charge in [-0.15, -0.1) is 0 Å². The van der Waals surface area contributed by atoms with E-state index in [1.165, 1.54) is 0 Å². The number of halogens is 5. The van der Waals surface area contributed by atoms with Crippen LogP contribution in [0.15, 0.2) is 34.5 Å². The lowest BCUT2D eigenvalue weighted by Crippen LogP contribution is -2.33. The minimum absolute atomic E-state index is 0.331. The van der Waals surface area contributed by atoms with Crippen molar-refractivity contribution in [3.8, 4) is 0 Å². The zero-order valence-electron chi connectivity index (χ0n) is 13.6. The SMILES string of the molecule is NC(=NC1CC1)C(C(=O)OCC(=O)c1c(F)cccc1F)=C(N)C(F)(F)F. The highest BCUT2D eigenvalue weighted by Gasteiger charge is 2.39. The molecule has 11 heteroatoms. The number of carbonyl (C=O) groups excluding carboxylic acids is 2. The minimum atomic E-state index is -5.11. The lowest BCUT2D eigenvalue weighted by Gasteiger charge is -2.14. The van der Waals surface area contributed by atoms with Gasteiger partial charge in [-0.05, 0) is 25.0 Å². The number of hydrogen-bond acceptors (Lipinski definition) is 5. The number of benzene rings is 1. The fraction of sp³-hybridized carbons (Fsp3) is 0.312. The molecule has 0 amide bonds. The van der Waals surface area contributed by atoms with Crippen LogP contribution in [0, 0.1) is 11.6 Å². The lowest BCUT2D eigenvalue weighted by atomic mass is 10.1. The van der Waals surface area contributed by atoms with Gasteiger partial charge in [-0.2, -0.15) is 13.2 Å². The molecule has 6 nitrogen and oxygen atoms in total. The van der Waals surface area contributed by atoms with Crippen LogP contribution in [-0.4, -0.2) is 36.4 Å². The summed E-state index contributed by atoms with van der Waals surface area (Å²) in [4.78, 5) is 27.6. The summed E-state index contributed by atoms with van der Waals surface area (Å²) in [5.41, 5.74) is 6.29. The predicted molar refractivity (Wildman–Crippen MR) is 83.6 cm³/mol. The van der Waals surface area contributed by atoms with Crippen LogP contribution in [0.1, 0.15) is 23.2 Å². The van der Waals surface area contributed by atoms with E-state index in [0.717, 1.165) is 18.2 Å². The van der Waals surface area contributed by atoms with Gasteiger partial charge in [0.2, 0.25) is 5.78 Å². The van der Waals surface area contributed by atoms with Gasteiger partial charge < -0.3 is 16.2 Å². The number of Topliss-reactive ketones (excluding diaryl/α,β-unsaturated/α-hetero) is 1. The van der Waals surface area contributed by atoms with E-state index in [1.54, 1.807) is 0 Å². The molecule has 0 radical (unpaired) electrons. The molecule has 1 aromatic rings. The fourth-order valence-corrected chi connectivity index (χ4v) is 2.00. The standard InChI is InChI=1S/C16H14F5N3O3/c17-8-2-1-3-9(18)11(8)10(25)6-27-15(26)12(13(22)16(19,20)21)14(23)24-7-4-5-7/h1-3,7H,4-6,22H2,(H2,23,24). The Labute approximate surface area is 149 Å². The summed E-state index contributed by atoms with van der Waals surface area (Å²) in [5, 5.41) is 0. The van der Waals surface area contributed by atoms with Gasteiger partial charge in [-0.3, -0.25) is 9.79 Å². The van der Waals surface area contributed by atoms with Crippen LogP contribution < -0.4 is 11.5 Å². The third-order valence-corrected chi connectivity index (χ3v) is 3.48. The molecule has 0 aliphatic heterocycles. The van der Waals surface area contributed by atoms with Gasteiger partial charge in [-0.1, -0.05) is 6.07 Å². The summed E-state index contributed by atoms with van der Waals surface area (Å²) in [6.07, 6.45) is -3.94. The third-order valence-electron chi connectivity index (χ3n) is 3.48. The number of ketones is 1. The number of nitrogens with zero attached hydrogens (tertiary/aromatic N) is 1. The topological polar surface area (TPSA) is 108 Å². The molecule has 1 fully saturated rings. The number of carbonyl (C=O) groups is 2. The summed E-state index contributed by atoms with van der Waals surface area (Å²) in [5.74, 6) is -6.19. The maximum Gasteiger partial charge on any atom is 0.431 e. The van der Waals surface area contributed by atoms with Crippen molar-refractivity contribution in [1.82, 2.24) is 0 Å². The largest absolute Gasteiger partial charge is 0.454 e. The summed E-state index contributed by atoms with van der Waals surface area (Å²) in [6.45, 7) is -1.22. The van der Waals surface area contributed by atoms with Crippen LogP contribution in [0.2, 0.25) is 0 Å². The molecule has 0 spiro atoms. The van der Waals surface area contributed by atoms with E-state index in [9.17, 15) is 31.5 Å². The quantitative estimate of drug-likeness (QED) is 0.193. The molecule has 0 unspecified atom stereocenters. The number of aliphatic imine (C=N–C) groups is 1. The Kier molecular flexibility index (Phi) is 5.82. The number of ether oxygens (including phenoxy) is 1. The highest BCUT2D eigenvalue weighted by atomic mass is 19.4. The maximum atomic E-state index is 13.5. The molecule has 1 aliphatic rings. The highest BCUT2D eigenvalue weighted by Crippen LogP contribution is 2.27. The second-order valence-electron chi connectivity index (χ2n) is 5.63. The monoisotopic (exact) mass is 391 g/mol. The second kappa shape index (κ2) is 7.72. The van der Waals surface area contributed by atoms with E-state index in [4.69, 9.17) is 11.5 Å². The number of amidine groups is 1. The third kappa shape index (κ3) is 5.02. The van der Waals surface area contributed by atoms with E-state index < -0.39 is 58.8 Å². The van der Waals surface area contributed by atoms with E-state index in [-0.39, 0.29) is 6.04 Å². The average Bonchev–Trinajstić information content (AvgIpc) is 3.35. The predicted octanol–water partition coefficient (Wildman–Crippen LogP) is 1.99. The Morgan fingerprint density at radius 3 is 2.19 bits per heavy atom. The van der Waals surface area contributed by atoms with Crippen LogP contribution in [0.25, 0.3) is 0 Å². The van der Waals surface area contributed by atoms with Crippen molar-refractivity contribution < 1.29 is 36.3 Å². The number of rotatable bonds is 6. The maximum absolute atomic E-state index is 13.5. The van der Waals surface area contributed by atoms with Gasteiger partial charge >= 0.3 is 12.1 Å². The van der Waals surface area contributed by atoms with Crippen molar-refractivity contribution in [2.75, 3.05) is 6.61 Å². The Hall–Kier alpha value is -2.98. The Balaban J connectivity index is 2.23. The highest BCUT2D eigenvalue weighted by molar-refractivity contribution is 6.19. The second-order valence-corrected chi connectivity index (χ2v) is 5.63. The molecule has 4 N–H and O–H groups in total. The lowest BCUT2D eigenvalue weighted by molar-refractivity contribution is -0.138. The van der Waals surface area contributed by atoms with Crippen molar-refractivity contribution in [3.05, 3.63) is 46.7 Å². The van der Waals surface area contributed by atoms with Crippen molar-refractivity contribution in [1.29, 1.82) is 0 Å². The van der Waals surface area contributed by atoms with Crippen LogP contribution in [0.4, 0.5) is 22.0 Å². The van der Waals surface area contributed by atoms with Crippen LogP contribution in [0.5, 0.6) is 0 Å². The van der Waals surface area contributed by atoms with Crippen LogP contribution in [0.3, 0.4) is 0 Å². The van der Waals surface area contributed by atoms with Crippen molar-refractivity contribution in [2.24, 2.45) is 16.5 Å². The molecule has 1 saturated carbocycles. The zero-order chi connectivity index (χ0) is 20.4. The van der Waals surface area contributed by atoms with E-state index >= 15 is 0 Å². The molecule has 0 heterocycles. The first-order valence-electron chi connectivity index (χ1n) is 7.57. The fourth-order valence-electron chi connectivity index (χ4n) is 2.00. The number of nitrogens with two attached hydrogens (primary N) is 2. The summed E-state index contributed by atoms with van der Waals surface area (Å²) in [7, 11) is 0. The number of alkyl halides is 3. The molecule has 0 aromatic heterocycles. The van der Waals surface area contributed by atoms with Gasteiger partial charge in [0.25, 0.3) is 0 Å². The van der Waals surface area contributed by atoms with Crippen molar-refractivity contribution in [3.63, 3.8) is 0 Å². The summed E-state index contributed by atoms with van der Waals surface area (Å²) in [6, 6.07) is 2.27. The summed E-state index contributed by atoms with van der Waals surface area (Å²) < 4.78 is 70.1. The first-order valence-corrected chi connectivity index (χ1v) is 7.57. The summed E-state index contributed by atoms with van der Waals surface area (Å²) >= 11 is 0. The number of hydrogen-bond donors (Lipinski definition) is 2. The molecule has 0 bridgehead atoms. The molecule has 0 saturated heterocycles. The van der Waals surface area contributed by atoms with Gasteiger partial charge in [0.1, 0.15) is 28.7 Å². The molecule has 2 rings (SSSR count). The molecular formula is C16H14F5N3O3. The number of allylic oxidation sites excluding steroid dienone is 1. The van der Waals surface area contributed by atoms with Crippen molar-refractivity contribution in [2.45, 2.75) is 25.1 Å². The molecule has 146 valence electrons. The molecule has 0 atom stereocenters. The molecule has 1 aliphatic carbocycles. The van der Waals surface area contributed by atoms with Crippen LogP contribution in [-0.2, 0) is 9.53 Å². The Morgan fingerprint density at radius 1 is 1.15 bits per heavy atom. The van der Waals surface area contributed by atoms with Crippen molar-refractivity contribution >= 4 is 17.6 Å². The Morgan fingerprint density at radius 2 is 1.70 bits per heavy atom. The van der Waals surface area contributed by atoms with Gasteiger partial charge in [0.15, 0.2) is 6.61 Å². The average molecular weight is 391 g/mol. The van der Waals surface area contributed by atoms with E-state index in [2.05, 4.69) is 9.73 Å². The van der Waals surface area contributed by atoms with Gasteiger partial charge in [0, 0.05) is 0 Å². The van der Waals surface area contributed by atoms with E-state index in [1.807, 2.05) is 0 Å². The number of esters is 1.